The predicted octanol–water partition coefficient (Wildman–Crippen LogP) is 5.88. The van der Waals surface area contributed by atoms with E-state index in [0.717, 1.165) is 47.5 Å². The van der Waals surface area contributed by atoms with E-state index in [1.165, 1.54) is 25.1 Å². The molecule has 2 atom stereocenters. The Labute approximate surface area is 223 Å². The number of amides is 1. The van der Waals surface area contributed by atoms with Gasteiger partial charge in [0.05, 0.1) is 26.1 Å². The van der Waals surface area contributed by atoms with Crippen molar-refractivity contribution < 1.29 is 19.0 Å². The van der Waals surface area contributed by atoms with E-state index in [2.05, 4.69) is 48.2 Å². The van der Waals surface area contributed by atoms with Gasteiger partial charge in [0.15, 0.2) is 0 Å². The van der Waals surface area contributed by atoms with Gasteiger partial charge in [-0.25, -0.2) is 9.97 Å². The van der Waals surface area contributed by atoms with Crippen LogP contribution in [0.25, 0.3) is 0 Å². The Balaban J connectivity index is 1.69. The molecule has 0 spiro atoms. The van der Waals surface area contributed by atoms with E-state index in [9.17, 15) is 4.79 Å². The van der Waals surface area contributed by atoms with Gasteiger partial charge in [-0.15, -0.1) is 0 Å². The van der Waals surface area contributed by atoms with Crippen LogP contribution in [0.4, 0.5) is 5.69 Å². The van der Waals surface area contributed by atoms with E-state index in [1.807, 2.05) is 12.1 Å². The number of hydrogen-bond acceptors (Lipinski definition) is 7. The van der Waals surface area contributed by atoms with Gasteiger partial charge in [-0.05, 0) is 61.4 Å². The molecule has 0 radical (unpaired) electrons. The van der Waals surface area contributed by atoms with Gasteiger partial charge in [-0.2, -0.15) is 0 Å². The standard InChI is InChI=1S/C29H35N5O4/c1-5-7-18(6-2)19-12-17(3)27-23(13-19)21(10-11-37-29(30)31)22-14-20(8-9-25(22)38-27)34-28(35)24-15-33-26(36-4)16-32-24/h8-9,12-16,18,21H,5-7,10-11H2,1-4H3,(H3,30,31)(H,34,35)/t18?,21-/m1/s1. The molecule has 3 aromatic rings. The Morgan fingerprint density at radius 3 is 2.66 bits per heavy atom. The summed E-state index contributed by atoms with van der Waals surface area (Å²) in [4.78, 5) is 21.0. The van der Waals surface area contributed by atoms with E-state index in [-0.39, 0.29) is 30.1 Å². The predicted molar refractivity (Wildman–Crippen MR) is 146 cm³/mol. The van der Waals surface area contributed by atoms with Crippen LogP contribution in [0.2, 0.25) is 0 Å². The highest BCUT2D eigenvalue weighted by Gasteiger charge is 2.30. The van der Waals surface area contributed by atoms with Gasteiger partial charge in [-0.3, -0.25) is 10.2 Å². The second kappa shape index (κ2) is 11.9. The second-order valence-corrected chi connectivity index (χ2v) is 9.46. The van der Waals surface area contributed by atoms with Crippen LogP contribution in [0, 0.1) is 12.3 Å². The van der Waals surface area contributed by atoms with Gasteiger partial charge in [0.2, 0.25) is 5.88 Å². The maximum atomic E-state index is 12.8. The first-order valence-electron chi connectivity index (χ1n) is 12.9. The first-order valence-corrected chi connectivity index (χ1v) is 12.9. The average Bonchev–Trinajstić information content (AvgIpc) is 2.91. The van der Waals surface area contributed by atoms with Crippen LogP contribution in [-0.4, -0.2) is 35.6 Å². The second-order valence-electron chi connectivity index (χ2n) is 9.46. The number of nitrogens with one attached hydrogen (secondary N) is 2. The third-order valence-electron chi connectivity index (χ3n) is 6.89. The number of aromatic nitrogens is 2. The summed E-state index contributed by atoms with van der Waals surface area (Å²) >= 11 is 0. The number of nitrogens with two attached hydrogens (primary N) is 1. The Morgan fingerprint density at radius 1 is 1.18 bits per heavy atom. The number of amidine groups is 1. The number of carbonyl (C=O) groups is 1. The summed E-state index contributed by atoms with van der Waals surface area (Å²) in [6, 6.07) is 9.79. The van der Waals surface area contributed by atoms with Gasteiger partial charge < -0.3 is 25.3 Å². The monoisotopic (exact) mass is 517 g/mol. The Morgan fingerprint density at radius 2 is 2.00 bits per heavy atom. The lowest BCUT2D eigenvalue weighted by Crippen LogP contribution is -2.19. The number of ether oxygens (including phenoxy) is 3. The van der Waals surface area contributed by atoms with E-state index >= 15 is 0 Å². The van der Waals surface area contributed by atoms with Crippen molar-refractivity contribution in [3.63, 3.8) is 0 Å². The van der Waals surface area contributed by atoms with Crippen molar-refractivity contribution in [2.75, 3.05) is 19.0 Å². The number of fused-ring (bicyclic) bond motifs is 2. The Kier molecular flexibility index (Phi) is 8.45. The Bertz CT molecular complexity index is 1310. The molecule has 9 nitrogen and oxygen atoms in total. The van der Waals surface area contributed by atoms with Crippen LogP contribution >= 0.6 is 0 Å². The zero-order valence-corrected chi connectivity index (χ0v) is 22.3. The number of methoxy groups -OCH3 is 1. The molecule has 2 heterocycles. The number of hydrogen-bond donors (Lipinski definition) is 3. The van der Waals surface area contributed by atoms with Gasteiger partial charge in [0, 0.05) is 22.7 Å². The number of benzene rings is 2. The minimum Gasteiger partial charge on any atom is -0.480 e. The fourth-order valence-corrected chi connectivity index (χ4v) is 5.02. The molecule has 0 aliphatic carbocycles. The quantitative estimate of drug-likeness (QED) is 0.226. The largest absolute Gasteiger partial charge is 0.480 e. The molecule has 4 N–H and O–H groups in total. The molecule has 0 saturated carbocycles. The molecule has 200 valence electrons. The lowest BCUT2D eigenvalue weighted by molar-refractivity contribution is 0.102. The molecule has 0 saturated heterocycles. The smallest absolute Gasteiger partial charge is 0.278 e. The topological polar surface area (TPSA) is 132 Å². The lowest BCUT2D eigenvalue weighted by atomic mass is 9.81. The SMILES string of the molecule is CCCC(CC)c1cc(C)c2c(c1)[C@H](CCOC(=N)N)c1cc(NC(=O)c3cnc(OC)cn3)ccc1O2. The van der Waals surface area contributed by atoms with Crippen LogP contribution in [0.15, 0.2) is 42.7 Å². The first kappa shape index (κ1) is 26.9. The van der Waals surface area contributed by atoms with E-state index in [1.54, 1.807) is 6.07 Å². The minimum absolute atomic E-state index is 0.0662. The van der Waals surface area contributed by atoms with Crippen molar-refractivity contribution in [3.8, 4) is 17.4 Å². The number of carbonyl (C=O) groups excluding carboxylic acids is 1. The first-order chi connectivity index (χ1) is 18.3. The van der Waals surface area contributed by atoms with Gasteiger partial charge in [0.1, 0.15) is 17.2 Å². The van der Waals surface area contributed by atoms with Crippen molar-refractivity contribution in [2.45, 2.75) is 58.3 Å². The minimum atomic E-state index is -0.378. The lowest BCUT2D eigenvalue weighted by Gasteiger charge is -2.31. The van der Waals surface area contributed by atoms with Crippen LogP contribution in [0.5, 0.6) is 17.4 Å². The summed E-state index contributed by atoms with van der Waals surface area (Å²) in [5, 5.41) is 10.4. The number of anilines is 1. The molecule has 0 fully saturated rings. The Hall–Kier alpha value is -4.14. The summed E-state index contributed by atoms with van der Waals surface area (Å²) in [5.41, 5.74) is 10.7. The molecular weight excluding hydrogens is 482 g/mol. The van der Waals surface area contributed by atoms with Gasteiger partial charge in [0.25, 0.3) is 11.9 Å². The number of aryl methyl sites for hydroxylation is 1. The zero-order valence-electron chi connectivity index (χ0n) is 22.3. The van der Waals surface area contributed by atoms with Crippen molar-refractivity contribution in [1.29, 1.82) is 5.41 Å². The third-order valence-corrected chi connectivity index (χ3v) is 6.89. The van der Waals surface area contributed by atoms with Crippen LogP contribution in [0.3, 0.4) is 0 Å². The highest BCUT2D eigenvalue weighted by molar-refractivity contribution is 6.02. The normalized spacial score (nSPS) is 14.5. The maximum Gasteiger partial charge on any atom is 0.278 e. The van der Waals surface area contributed by atoms with Crippen molar-refractivity contribution >= 4 is 17.6 Å². The molecule has 4 rings (SSSR count). The van der Waals surface area contributed by atoms with E-state index in [4.69, 9.17) is 25.4 Å². The molecule has 1 aliphatic heterocycles. The zero-order chi connectivity index (χ0) is 27.2. The fraction of sp³-hybridized carbons (Fsp3) is 0.379. The molecule has 38 heavy (non-hydrogen) atoms. The highest BCUT2D eigenvalue weighted by Crippen LogP contribution is 2.49. The summed E-state index contributed by atoms with van der Waals surface area (Å²) in [7, 11) is 1.49. The van der Waals surface area contributed by atoms with E-state index in [0.29, 0.717) is 23.9 Å². The van der Waals surface area contributed by atoms with Crippen LogP contribution < -0.4 is 20.5 Å². The molecular formula is C29H35N5O4. The summed E-state index contributed by atoms with van der Waals surface area (Å²) in [5.74, 6) is 1.94. The molecule has 9 heteroatoms. The van der Waals surface area contributed by atoms with Crippen LogP contribution in [0.1, 0.15) is 84.1 Å². The molecule has 1 unspecified atom stereocenters. The van der Waals surface area contributed by atoms with Gasteiger partial charge >= 0.3 is 0 Å². The molecule has 1 aromatic heterocycles. The average molecular weight is 518 g/mol. The summed E-state index contributed by atoms with van der Waals surface area (Å²) in [6.07, 6.45) is 6.67. The molecule has 1 aliphatic rings. The van der Waals surface area contributed by atoms with Crippen LogP contribution in [-0.2, 0) is 4.74 Å². The molecule has 0 bridgehead atoms. The number of nitrogens with zero attached hydrogens (tertiary/aromatic N) is 2. The van der Waals surface area contributed by atoms with E-state index < -0.39 is 0 Å². The third kappa shape index (κ3) is 5.88. The summed E-state index contributed by atoms with van der Waals surface area (Å²) in [6.45, 7) is 6.80. The van der Waals surface area contributed by atoms with Crippen molar-refractivity contribution in [1.82, 2.24) is 9.97 Å². The molecule has 1 amide bonds. The molecule has 2 aromatic carbocycles. The maximum absolute atomic E-state index is 12.8. The van der Waals surface area contributed by atoms with Gasteiger partial charge in [-0.1, -0.05) is 32.4 Å². The highest BCUT2D eigenvalue weighted by atomic mass is 16.5. The fourth-order valence-electron chi connectivity index (χ4n) is 5.02. The summed E-state index contributed by atoms with van der Waals surface area (Å²) < 4.78 is 16.8. The van der Waals surface area contributed by atoms with Crippen molar-refractivity contribution in [2.24, 2.45) is 5.73 Å². The number of rotatable bonds is 10. The van der Waals surface area contributed by atoms with Crippen molar-refractivity contribution in [3.05, 3.63) is 70.7 Å².